The number of aromatic carboxylic acids is 1. The van der Waals surface area contributed by atoms with E-state index in [2.05, 4.69) is 10.6 Å². The molecule has 118 valence electrons. The van der Waals surface area contributed by atoms with Crippen LogP contribution in [0.25, 0.3) is 0 Å². The summed E-state index contributed by atoms with van der Waals surface area (Å²) in [6.45, 7) is 1.81. The van der Waals surface area contributed by atoms with Crippen LogP contribution in [0.2, 0.25) is 5.02 Å². The first-order valence-corrected chi connectivity index (χ1v) is 7.38. The Balaban J connectivity index is 2.13. The van der Waals surface area contributed by atoms with E-state index in [4.69, 9.17) is 23.8 Å². The highest BCUT2D eigenvalue weighted by Gasteiger charge is 2.14. The number of hydrogen-bond acceptors (Lipinski definition) is 3. The summed E-state index contributed by atoms with van der Waals surface area (Å²) < 4.78 is 0. The molecule has 23 heavy (non-hydrogen) atoms. The molecule has 0 heterocycles. The van der Waals surface area contributed by atoms with Gasteiger partial charge in [-0.25, -0.2) is 4.79 Å². The van der Waals surface area contributed by atoms with Crippen molar-refractivity contribution >= 4 is 46.5 Å². The number of nitrogens with one attached hydrogen (secondary N) is 2. The number of carboxylic acids is 1. The third-order valence-corrected chi connectivity index (χ3v) is 3.52. The minimum atomic E-state index is -1.15. The maximum absolute atomic E-state index is 12.2. The zero-order valence-corrected chi connectivity index (χ0v) is 13.7. The molecule has 0 spiro atoms. The monoisotopic (exact) mass is 348 g/mol. The van der Waals surface area contributed by atoms with Crippen LogP contribution in [0, 0.1) is 6.92 Å². The van der Waals surface area contributed by atoms with Gasteiger partial charge in [0.1, 0.15) is 0 Å². The van der Waals surface area contributed by atoms with Crippen molar-refractivity contribution in [2.75, 3.05) is 5.32 Å². The summed E-state index contributed by atoms with van der Waals surface area (Å²) in [4.78, 5) is 23.4. The van der Waals surface area contributed by atoms with Crippen LogP contribution >= 0.6 is 23.8 Å². The van der Waals surface area contributed by atoms with E-state index in [1.165, 1.54) is 18.2 Å². The first-order chi connectivity index (χ1) is 10.9. The van der Waals surface area contributed by atoms with E-state index < -0.39 is 5.97 Å². The molecule has 0 fully saturated rings. The van der Waals surface area contributed by atoms with Gasteiger partial charge in [0, 0.05) is 10.6 Å². The molecule has 0 aromatic heterocycles. The largest absolute Gasteiger partial charge is 0.478 e. The molecule has 1 amide bonds. The summed E-state index contributed by atoms with van der Waals surface area (Å²) in [6, 6.07) is 11.4. The Morgan fingerprint density at radius 2 is 1.83 bits per heavy atom. The van der Waals surface area contributed by atoms with Crippen molar-refractivity contribution in [2.24, 2.45) is 0 Å². The molecule has 0 unspecified atom stereocenters. The Labute approximate surface area is 143 Å². The quantitative estimate of drug-likeness (QED) is 0.740. The molecule has 0 radical (unpaired) electrons. The van der Waals surface area contributed by atoms with Crippen LogP contribution in [0.1, 0.15) is 26.3 Å². The van der Waals surface area contributed by atoms with Crippen LogP contribution in [0.4, 0.5) is 5.69 Å². The number of thiocarbonyl (C=S) groups is 1. The van der Waals surface area contributed by atoms with Crippen molar-refractivity contribution in [3.05, 3.63) is 64.2 Å². The van der Waals surface area contributed by atoms with Crippen molar-refractivity contribution in [1.29, 1.82) is 0 Å². The summed E-state index contributed by atoms with van der Waals surface area (Å²) in [6.07, 6.45) is 0. The van der Waals surface area contributed by atoms with E-state index in [1.54, 1.807) is 12.1 Å². The van der Waals surface area contributed by atoms with E-state index in [0.717, 1.165) is 5.56 Å². The first kappa shape index (κ1) is 16.9. The SMILES string of the molecule is Cc1ccccc1C(=O)NC(=S)Nc1ccc(Cl)cc1C(=O)O. The second-order valence-electron chi connectivity index (χ2n) is 4.72. The second kappa shape index (κ2) is 7.21. The van der Waals surface area contributed by atoms with Crippen molar-refractivity contribution < 1.29 is 14.7 Å². The lowest BCUT2D eigenvalue weighted by Crippen LogP contribution is -2.34. The summed E-state index contributed by atoms with van der Waals surface area (Å²) in [5.74, 6) is -1.52. The lowest BCUT2D eigenvalue weighted by atomic mass is 10.1. The molecule has 0 aliphatic carbocycles. The van der Waals surface area contributed by atoms with Crippen LogP contribution in [-0.4, -0.2) is 22.1 Å². The van der Waals surface area contributed by atoms with Gasteiger partial charge in [-0.05, 0) is 49.0 Å². The minimum absolute atomic E-state index is 0.00285. The smallest absolute Gasteiger partial charge is 0.337 e. The summed E-state index contributed by atoms with van der Waals surface area (Å²) in [5.41, 5.74) is 1.51. The zero-order valence-electron chi connectivity index (χ0n) is 12.1. The van der Waals surface area contributed by atoms with Crippen LogP contribution in [-0.2, 0) is 0 Å². The van der Waals surface area contributed by atoms with Gasteiger partial charge in [0.05, 0.1) is 11.3 Å². The standard InChI is InChI=1S/C16H13ClN2O3S/c1-9-4-2-3-5-11(9)14(20)19-16(23)18-13-7-6-10(17)8-12(13)15(21)22/h2-8H,1H3,(H,21,22)(H2,18,19,20,23). The van der Waals surface area contributed by atoms with Gasteiger partial charge in [-0.3, -0.25) is 10.1 Å². The Morgan fingerprint density at radius 3 is 2.48 bits per heavy atom. The maximum Gasteiger partial charge on any atom is 0.337 e. The molecule has 0 saturated heterocycles. The van der Waals surface area contributed by atoms with E-state index in [1.807, 2.05) is 19.1 Å². The Hall–Kier alpha value is -2.44. The van der Waals surface area contributed by atoms with E-state index >= 15 is 0 Å². The molecule has 7 heteroatoms. The van der Waals surface area contributed by atoms with E-state index in [0.29, 0.717) is 10.6 Å². The van der Waals surface area contributed by atoms with Crippen LogP contribution in [0.15, 0.2) is 42.5 Å². The molecule has 0 saturated carbocycles. The van der Waals surface area contributed by atoms with Crippen molar-refractivity contribution in [1.82, 2.24) is 5.32 Å². The Kier molecular flexibility index (Phi) is 5.31. The summed E-state index contributed by atoms with van der Waals surface area (Å²) in [7, 11) is 0. The minimum Gasteiger partial charge on any atom is -0.478 e. The Morgan fingerprint density at radius 1 is 1.13 bits per heavy atom. The number of carbonyl (C=O) groups is 2. The van der Waals surface area contributed by atoms with Gasteiger partial charge < -0.3 is 10.4 Å². The maximum atomic E-state index is 12.2. The van der Waals surface area contributed by atoms with Crippen LogP contribution in [0.5, 0.6) is 0 Å². The highest BCUT2D eigenvalue weighted by Crippen LogP contribution is 2.20. The second-order valence-corrected chi connectivity index (χ2v) is 5.56. The number of benzene rings is 2. The number of aryl methyl sites for hydroxylation is 1. The highest BCUT2D eigenvalue weighted by molar-refractivity contribution is 7.80. The predicted molar refractivity (Wildman–Crippen MR) is 93.3 cm³/mol. The number of hydrogen-bond donors (Lipinski definition) is 3. The van der Waals surface area contributed by atoms with Gasteiger partial charge in [0.15, 0.2) is 5.11 Å². The van der Waals surface area contributed by atoms with Gasteiger partial charge in [-0.15, -0.1) is 0 Å². The molecule has 2 aromatic rings. The number of halogens is 1. The lowest BCUT2D eigenvalue weighted by molar-refractivity contribution is 0.0698. The number of carbonyl (C=O) groups excluding carboxylic acids is 1. The van der Waals surface area contributed by atoms with Crippen molar-refractivity contribution in [3.8, 4) is 0 Å². The predicted octanol–water partition coefficient (Wildman–Crippen LogP) is 3.47. The molecular weight excluding hydrogens is 336 g/mol. The fraction of sp³-hybridized carbons (Fsp3) is 0.0625. The Bertz CT molecular complexity index is 793. The average Bonchev–Trinajstić information content (AvgIpc) is 2.49. The van der Waals surface area contributed by atoms with Gasteiger partial charge in [-0.1, -0.05) is 29.8 Å². The van der Waals surface area contributed by atoms with E-state index in [-0.39, 0.29) is 22.3 Å². The van der Waals surface area contributed by atoms with E-state index in [9.17, 15) is 14.7 Å². The number of anilines is 1. The molecule has 3 N–H and O–H groups in total. The molecular formula is C16H13ClN2O3S. The van der Waals surface area contributed by atoms with Crippen LogP contribution in [0.3, 0.4) is 0 Å². The first-order valence-electron chi connectivity index (χ1n) is 6.59. The zero-order chi connectivity index (χ0) is 17.0. The van der Waals surface area contributed by atoms with Gasteiger partial charge in [-0.2, -0.15) is 0 Å². The molecule has 5 nitrogen and oxygen atoms in total. The molecule has 0 aliphatic rings. The number of rotatable bonds is 3. The van der Waals surface area contributed by atoms with Crippen molar-refractivity contribution in [2.45, 2.75) is 6.92 Å². The lowest BCUT2D eigenvalue weighted by Gasteiger charge is -2.12. The topological polar surface area (TPSA) is 78.4 Å². The number of amides is 1. The molecule has 0 atom stereocenters. The third kappa shape index (κ3) is 4.28. The van der Waals surface area contributed by atoms with Crippen LogP contribution < -0.4 is 10.6 Å². The third-order valence-electron chi connectivity index (χ3n) is 3.08. The normalized spacial score (nSPS) is 10.0. The number of carboxylic acid groups (broad SMARTS) is 1. The summed E-state index contributed by atoms with van der Waals surface area (Å²) >= 11 is 10.9. The van der Waals surface area contributed by atoms with Crippen molar-refractivity contribution in [3.63, 3.8) is 0 Å². The molecule has 0 aliphatic heterocycles. The van der Waals surface area contributed by atoms with Gasteiger partial charge >= 0.3 is 5.97 Å². The highest BCUT2D eigenvalue weighted by atomic mass is 35.5. The molecule has 2 rings (SSSR count). The fourth-order valence-corrected chi connectivity index (χ4v) is 2.33. The van der Waals surface area contributed by atoms with Gasteiger partial charge in [0.2, 0.25) is 0 Å². The fourth-order valence-electron chi connectivity index (χ4n) is 1.95. The summed E-state index contributed by atoms with van der Waals surface area (Å²) in [5, 5.41) is 14.7. The average molecular weight is 349 g/mol. The van der Waals surface area contributed by atoms with Gasteiger partial charge in [0.25, 0.3) is 5.91 Å². The molecule has 0 bridgehead atoms. The molecule has 2 aromatic carbocycles.